The van der Waals surface area contributed by atoms with Crippen LogP contribution in [0, 0.1) is 12.8 Å². The molecule has 2 heterocycles. The van der Waals surface area contributed by atoms with Gasteiger partial charge in [0.05, 0.1) is 47.8 Å². The summed E-state index contributed by atoms with van der Waals surface area (Å²) in [5.74, 6) is -0.131. The van der Waals surface area contributed by atoms with Crippen molar-refractivity contribution in [1.29, 1.82) is 0 Å². The second-order valence-corrected chi connectivity index (χ2v) is 9.73. The Kier molecular flexibility index (Phi) is 5.48. The number of halogens is 1. The zero-order chi connectivity index (χ0) is 24.4. The van der Waals surface area contributed by atoms with Crippen LogP contribution in [0.4, 0.5) is 0 Å². The number of carbonyl (C=O) groups excluding carboxylic acids is 2. The molecule has 9 heteroatoms. The van der Waals surface area contributed by atoms with Crippen molar-refractivity contribution in [3.63, 3.8) is 0 Å². The molecule has 5 rings (SSSR count). The number of aliphatic hydroxyl groups excluding tert-OH is 1. The molecule has 180 valence electrons. The number of rotatable bonds is 8. The molecule has 0 unspecified atom stereocenters. The number of aliphatic hydroxyl groups is 1. The normalized spacial score (nSPS) is 20.4. The van der Waals surface area contributed by atoms with E-state index in [0.717, 1.165) is 51.8 Å². The Morgan fingerprint density at radius 3 is 2.59 bits per heavy atom. The van der Waals surface area contributed by atoms with Crippen LogP contribution < -0.4 is 0 Å². The Balaban J connectivity index is 1.70. The first-order valence-corrected chi connectivity index (χ1v) is 11.8. The van der Waals surface area contributed by atoms with Gasteiger partial charge in [0.15, 0.2) is 0 Å². The molecule has 2 aliphatic carbocycles. The van der Waals surface area contributed by atoms with Crippen molar-refractivity contribution in [2.75, 3.05) is 13.7 Å². The van der Waals surface area contributed by atoms with Crippen LogP contribution in [0.3, 0.4) is 0 Å². The molecule has 2 saturated carbocycles. The fourth-order valence-corrected chi connectivity index (χ4v) is 5.60. The molecule has 1 aromatic carbocycles. The van der Waals surface area contributed by atoms with Crippen molar-refractivity contribution in [3.8, 4) is 11.1 Å². The first kappa shape index (κ1) is 22.9. The molecule has 0 bridgehead atoms. The van der Waals surface area contributed by atoms with Gasteiger partial charge in [0, 0.05) is 30.5 Å². The molecule has 0 saturated heterocycles. The van der Waals surface area contributed by atoms with Gasteiger partial charge < -0.3 is 19.1 Å². The summed E-state index contributed by atoms with van der Waals surface area (Å²) in [4.78, 5) is 24.0. The van der Waals surface area contributed by atoms with Crippen molar-refractivity contribution < 1.29 is 24.2 Å². The highest BCUT2D eigenvalue weighted by Crippen LogP contribution is 2.73. The van der Waals surface area contributed by atoms with E-state index >= 15 is 0 Å². The molecule has 2 aromatic heterocycles. The number of aromatic nitrogens is 3. The van der Waals surface area contributed by atoms with Crippen LogP contribution in [0.1, 0.15) is 53.6 Å². The van der Waals surface area contributed by atoms with Crippen molar-refractivity contribution in [2.24, 2.45) is 13.0 Å². The summed E-state index contributed by atoms with van der Waals surface area (Å²) >= 11 is 6.79. The Hall–Kier alpha value is -2.84. The second kappa shape index (κ2) is 8.13. The minimum absolute atomic E-state index is 0.0642. The van der Waals surface area contributed by atoms with E-state index in [9.17, 15) is 14.7 Å². The molecule has 0 radical (unpaired) electrons. The first-order valence-electron chi connectivity index (χ1n) is 11.5. The van der Waals surface area contributed by atoms with Crippen LogP contribution in [0.15, 0.2) is 12.1 Å². The van der Waals surface area contributed by atoms with Gasteiger partial charge in [0.25, 0.3) is 0 Å². The van der Waals surface area contributed by atoms with Crippen molar-refractivity contribution >= 4 is 34.4 Å². The topological polar surface area (TPSA) is 95.6 Å². The maximum Gasteiger partial charge on any atom is 0.354 e. The van der Waals surface area contributed by atoms with Gasteiger partial charge in [-0.25, -0.2) is 4.79 Å². The number of aryl methyl sites for hydroxylation is 3. The fraction of sp³-hybridized carbons (Fsp3) is 0.480. The summed E-state index contributed by atoms with van der Waals surface area (Å²) in [7, 11) is 3.18. The maximum atomic E-state index is 12.8. The summed E-state index contributed by atoms with van der Waals surface area (Å²) in [6.45, 7) is 3.41. The Bertz CT molecular complexity index is 1330. The third-order valence-corrected chi connectivity index (χ3v) is 7.60. The van der Waals surface area contributed by atoms with Crippen LogP contribution in [-0.2, 0) is 39.9 Å². The zero-order valence-corrected chi connectivity index (χ0v) is 20.5. The van der Waals surface area contributed by atoms with E-state index in [1.807, 2.05) is 35.4 Å². The molecule has 0 atom stereocenters. The van der Waals surface area contributed by atoms with Gasteiger partial charge in [-0.3, -0.25) is 9.48 Å². The Morgan fingerprint density at radius 2 is 2.00 bits per heavy atom. The van der Waals surface area contributed by atoms with Crippen LogP contribution in [0.2, 0.25) is 5.02 Å². The number of hydrogen-bond donors (Lipinski definition) is 1. The van der Waals surface area contributed by atoms with Gasteiger partial charge in [-0.05, 0) is 50.2 Å². The maximum absolute atomic E-state index is 12.8. The highest BCUT2D eigenvalue weighted by Gasteiger charge is 2.72. The lowest BCUT2D eigenvalue weighted by molar-refractivity contribution is -0.141. The quantitative estimate of drug-likeness (QED) is 0.384. The molecule has 3 aromatic rings. The lowest BCUT2D eigenvalue weighted by atomic mass is 9.98. The molecule has 0 amide bonds. The van der Waals surface area contributed by atoms with E-state index in [2.05, 4.69) is 0 Å². The molecule has 8 nitrogen and oxygen atoms in total. The number of nitrogens with zero attached hydrogens (tertiary/aromatic N) is 3. The fourth-order valence-electron chi connectivity index (χ4n) is 5.35. The molecule has 34 heavy (non-hydrogen) atoms. The van der Waals surface area contributed by atoms with Crippen LogP contribution >= 0.6 is 11.6 Å². The molecular formula is C25H28ClN3O5. The molecular weight excluding hydrogens is 458 g/mol. The lowest BCUT2D eigenvalue weighted by Crippen LogP contribution is -2.13. The van der Waals surface area contributed by atoms with E-state index < -0.39 is 5.97 Å². The van der Waals surface area contributed by atoms with Gasteiger partial charge >= 0.3 is 11.9 Å². The number of benzene rings is 1. The summed E-state index contributed by atoms with van der Waals surface area (Å²) in [5.41, 5.74) is 5.21. The van der Waals surface area contributed by atoms with Gasteiger partial charge in [-0.2, -0.15) is 5.10 Å². The Labute approximate surface area is 202 Å². The average molecular weight is 486 g/mol. The van der Waals surface area contributed by atoms with E-state index in [0.29, 0.717) is 29.5 Å². The van der Waals surface area contributed by atoms with Gasteiger partial charge in [0.2, 0.25) is 0 Å². The minimum atomic E-state index is -0.448. The number of hydrogen-bond acceptors (Lipinski definition) is 6. The third-order valence-electron chi connectivity index (χ3n) is 7.28. The summed E-state index contributed by atoms with van der Waals surface area (Å²) < 4.78 is 14.0. The number of esters is 2. The van der Waals surface area contributed by atoms with Crippen LogP contribution in [0.5, 0.6) is 0 Å². The Morgan fingerprint density at radius 1 is 1.29 bits per heavy atom. The summed E-state index contributed by atoms with van der Waals surface area (Å²) in [6.07, 6.45) is 3.28. The van der Waals surface area contributed by atoms with Gasteiger partial charge in [0.1, 0.15) is 5.69 Å². The predicted octanol–water partition coefficient (Wildman–Crippen LogP) is 3.90. The van der Waals surface area contributed by atoms with Gasteiger partial charge in [-0.1, -0.05) is 17.7 Å². The second-order valence-electron chi connectivity index (χ2n) is 9.33. The van der Waals surface area contributed by atoms with E-state index in [-0.39, 0.29) is 24.7 Å². The molecule has 0 aliphatic heterocycles. The zero-order valence-electron chi connectivity index (χ0n) is 19.8. The number of methoxy groups -OCH3 is 1. The predicted molar refractivity (Wildman–Crippen MR) is 127 cm³/mol. The number of carbonyl (C=O) groups is 2. The molecule has 0 spiro atoms. The smallest absolute Gasteiger partial charge is 0.354 e. The summed E-state index contributed by atoms with van der Waals surface area (Å²) in [6, 6.07) is 3.73. The molecule has 2 aliphatic rings. The highest BCUT2D eigenvalue weighted by atomic mass is 35.5. The minimum Gasteiger partial charge on any atom is -0.466 e. The number of ether oxygens (including phenoxy) is 2. The SMILES string of the molecule is COC(=O)c1c(CCCOC(C)=O)c2ccc(Cl)c(-c3c(C)nn(C45CC4C5)c3CO)c2n1C. The van der Waals surface area contributed by atoms with E-state index in [1.54, 1.807) is 0 Å². The average Bonchev–Trinajstić information content (AvgIpc) is 3.62. The van der Waals surface area contributed by atoms with Crippen molar-refractivity contribution in [2.45, 2.75) is 51.7 Å². The summed E-state index contributed by atoms with van der Waals surface area (Å²) in [5, 5.41) is 16.6. The highest BCUT2D eigenvalue weighted by molar-refractivity contribution is 6.35. The molecule has 1 N–H and O–H groups in total. The monoisotopic (exact) mass is 485 g/mol. The largest absolute Gasteiger partial charge is 0.466 e. The van der Waals surface area contributed by atoms with Gasteiger partial charge in [-0.15, -0.1) is 0 Å². The van der Waals surface area contributed by atoms with E-state index in [1.165, 1.54) is 14.0 Å². The van der Waals surface area contributed by atoms with Crippen LogP contribution in [-0.4, -0.2) is 45.1 Å². The standard InChI is InChI=1S/C25H28ClN3O5/c1-13-20(19(12-30)29(27-13)25-10-15(25)11-25)21-18(26)8-7-17-16(6-5-9-34-14(2)31)23(24(32)33-4)28(3)22(17)21/h7-8,15,30H,5-6,9-12H2,1-4H3. The third kappa shape index (κ3) is 3.34. The molecule has 2 fully saturated rings. The van der Waals surface area contributed by atoms with Crippen LogP contribution in [0.25, 0.3) is 22.0 Å². The van der Waals surface area contributed by atoms with Crippen molar-refractivity contribution in [1.82, 2.24) is 14.3 Å². The number of fused-ring (bicyclic) bond motifs is 2. The van der Waals surface area contributed by atoms with E-state index in [4.69, 9.17) is 26.2 Å². The lowest BCUT2D eigenvalue weighted by Gasteiger charge is -2.13. The van der Waals surface area contributed by atoms with Crippen molar-refractivity contribution in [3.05, 3.63) is 39.8 Å². The first-order chi connectivity index (χ1) is 16.2.